The topological polar surface area (TPSA) is 32.8 Å². The quantitative estimate of drug-likeness (QED) is 0.644. The van der Waals surface area contributed by atoms with Crippen molar-refractivity contribution in [3.05, 3.63) is 0 Å². The van der Waals surface area contributed by atoms with E-state index in [-0.39, 0.29) is 12.1 Å². The number of hydrogen-bond acceptors (Lipinski definition) is 3. The van der Waals surface area contributed by atoms with Crippen LogP contribution in [0.2, 0.25) is 0 Å². The van der Waals surface area contributed by atoms with Crippen molar-refractivity contribution in [2.24, 2.45) is 0 Å². The van der Waals surface area contributed by atoms with Crippen LogP contribution in [0.25, 0.3) is 0 Å². The van der Waals surface area contributed by atoms with Gasteiger partial charge in [-0.1, -0.05) is 11.8 Å². The van der Waals surface area contributed by atoms with Crippen LogP contribution in [-0.4, -0.2) is 55.2 Å². The molecule has 1 amide bonds. The van der Waals surface area contributed by atoms with Gasteiger partial charge in [-0.15, -0.1) is 0 Å². The number of rotatable bonds is 1. The minimum atomic E-state index is -0.247. The average Bonchev–Trinajstić information content (AvgIpc) is 2.99. The van der Waals surface area contributed by atoms with E-state index in [0.29, 0.717) is 0 Å². The summed E-state index contributed by atoms with van der Waals surface area (Å²) in [7, 11) is 1.43. The third-order valence-electron chi connectivity index (χ3n) is 3.43. The van der Waals surface area contributed by atoms with Crippen molar-refractivity contribution in [2.75, 3.05) is 33.3 Å². The molecule has 0 saturated carbocycles. The Labute approximate surface area is 103 Å². The zero-order chi connectivity index (χ0) is 12.1. The fraction of sp³-hybridized carbons (Fsp3) is 0.769. The van der Waals surface area contributed by atoms with E-state index in [4.69, 9.17) is 4.74 Å². The molecule has 1 unspecified atom stereocenters. The summed E-state index contributed by atoms with van der Waals surface area (Å²) in [5.41, 5.74) is 0. The molecule has 2 saturated heterocycles. The number of ether oxygens (including phenoxy) is 1. The van der Waals surface area contributed by atoms with Crippen molar-refractivity contribution < 1.29 is 9.53 Å². The minimum Gasteiger partial charge on any atom is -0.453 e. The Kier molecular flexibility index (Phi) is 4.27. The van der Waals surface area contributed by atoms with Crippen molar-refractivity contribution in [2.45, 2.75) is 31.7 Å². The van der Waals surface area contributed by atoms with Gasteiger partial charge in [-0.05, 0) is 38.8 Å². The molecule has 0 aromatic carbocycles. The molecule has 0 N–H and O–H groups in total. The fourth-order valence-corrected chi connectivity index (χ4v) is 2.47. The van der Waals surface area contributed by atoms with E-state index in [1.165, 1.54) is 33.0 Å². The predicted octanol–water partition coefficient (Wildman–Crippen LogP) is 1.32. The Morgan fingerprint density at radius 2 is 2.06 bits per heavy atom. The number of amides is 1. The lowest BCUT2D eigenvalue weighted by Gasteiger charge is -2.18. The third-order valence-corrected chi connectivity index (χ3v) is 3.43. The molecule has 0 aromatic heterocycles. The molecule has 0 bridgehead atoms. The summed E-state index contributed by atoms with van der Waals surface area (Å²) < 4.78 is 4.75. The lowest BCUT2D eigenvalue weighted by Crippen LogP contribution is -2.34. The zero-order valence-electron chi connectivity index (χ0n) is 10.4. The van der Waals surface area contributed by atoms with Gasteiger partial charge < -0.3 is 4.74 Å². The van der Waals surface area contributed by atoms with Gasteiger partial charge in [0.25, 0.3) is 0 Å². The second-order valence-corrected chi connectivity index (χ2v) is 4.63. The van der Waals surface area contributed by atoms with Crippen LogP contribution in [0.3, 0.4) is 0 Å². The Hall–Kier alpha value is -1.21. The maximum absolute atomic E-state index is 11.5. The maximum Gasteiger partial charge on any atom is 0.410 e. The highest BCUT2D eigenvalue weighted by Crippen LogP contribution is 2.17. The van der Waals surface area contributed by atoms with Crippen molar-refractivity contribution in [3.63, 3.8) is 0 Å². The molecule has 4 heteroatoms. The monoisotopic (exact) mass is 236 g/mol. The zero-order valence-corrected chi connectivity index (χ0v) is 10.4. The van der Waals surface area contributed by atoms with E-state index in [1.54, 1.807) is 4.90 Å². The summed E-state index contributed by atoms with van der Waals surface area (Å²) in [6, 6.07) is 0.0602. The highest BCUT2D eigenvalue weighted by atomic mass is 16.5. The Morgan fingerprint density at radius 1 is 1.29 bits per heavy atom. The van der Waals surface area contributed by atoms with Crippen LogP contribution in [0, 0.1) is 11.8 Å². The van der Waals surface area contributed by atoms with E-state index in [9.17, 15) is 4.79 Å². The lowest BCUT2D eigenvalue weighted by molar-refractivity contribution is 0.126. The van der Waals surface area contributed by atoms with E-state index in [2.05, 4.69) is 16.7 Å². The van der Waals surface area contributed by atoms with Crippen molar-refractivity contribution >= 4 is 6.09 Å². The number of carbonyl (C=O) groups excluding carboxylic acids is 1. The smallest absolute Gasteiger partial charge is 0.410 e. The van der Waals surface area contributed by atoms with Crippen LogP contribution in [0.5, 0.6) is 0 Å². The highest BCUT2D eigenvalue weighted by molar-refractivity contribution is 5.68. The normalized spacial score (nSPS) is 24.5. The first kappa shape index (κ1) is 12.3. The number of methoxy groups -OCH3 is 1. The second-order valence-electron chi connectivity index (χ2n) is 4.63. The first-order valence-electron chi connectivity index (χ1n) is 6.36. The van der Waals surface area contributed by atoms with Crippen LogP contribution in [0.4, 0.5) is 4.79 Å². The fourth-order valence-electron chi connectivity index (χ4n) is 2.47. The van der Waals surface area contributed by atoms with Crippen molar-refractivity contribution in [1.29, 1.82) is 0 Å². The predicted molar refractivity (Wildman–Crippen MR) is 65.6 cm³/mol. The molecule has 0 aromatic rings. The summed E-state index contributed by atoms with van der Waals surface area (Å²) in [5.74, 6) is 6.41. The molecule has 0 spiro atoms. The molecule has 1 atom stereocenters. The van der Waals surface area contributed by atoms with E-state index in [0.717, 1.165) is 25.9 Å². The van der Waals surface area contributed by atoms with Gasteiger partial charge in [0, 0.05) is 6.54 Å². The van der Waals surface area contributed by atoms with Crippen molar-refractivity contribution in [3.8, 4) is 11.8 Å². The molecule has 0 radical (unpaired) electrons. The van der Waals surface area contributed by atoms with Gasteiger partial charge in [0.1, 0.15) is 0 Å². The van der Waals surface area contributed by atoms with Crippen LogP contribution < -0.4 is 0 Å². The lowest BCUT2D eigenvalue weighted by atomic mass is 10.2. The van der Waals surface area contributed by atoms with Crippen LogP contribution in [0.15, 0.2) is 0 Å². The van der Waals surface area contributed by atoms with Crippen LogP contribution >= 0.6 is 0 Å². The van der Waals surface area contributed by atoms with Gasteiger partial charge in [0.05, 0.1) is 19.7 Å². The third kappa shape index (κ3) is 3.13. The van der Waals surface area contributed by atoms with Gasteiger partial charge in [0.15, 0.2) is 0 Å². The number of hydrogen-bond donors (Lipinski definition) is 0. The molecule has 2 fully saturated rings. The Morgan fingerprint density at radius 3 is 2.76 bits per heavy atom. The maximum atomic E-state index is 11.5. The summed E-state index contributed by atoms with van der Waals surface area (Å²) in [5, 5.41) is 0. The first-order chi connectivity index (χ1) is 8.31. The molecule has 0 aliphatic carbocycles. The first-order valence-corrected chi connectivity index (χ1v) is 6.36. The van der Waals surface area contributed by atoms with E-state index in [1.807, 2.05) is 0 Å². The molecule has 2 aliphatic rings. The highest BCUT2D eigenvalue weighted by Gasteiger charge is 2.27. The van der Waals surface area contributed by atoms with E-state index < -0.39 is 0 Å². The molecule has 2 aliphatic heterocycles. The molecule has 17 heavy (non-hydrogen) atoms. The minimum absolute atomic E-state index is 0.0602. The summed E-state index contributed by atoms with van der Waals surface area (Å²) in [4.78, 5) is 15.6. The summed E-state index contributed by atoms with van der Waals surface area (Å²) >= 11 is 0. The number of carbonyl (C=O) groups is 1. The van der Waals surface area contributed by atoms with Gasteiger partial charge in [-0.2, -0.15) is 0 Å². The molecule has 94 valence electrons. The van der Waals surface area contributed by atoms with Crippen molar-refractivity contribution in [1.82, 2.24) is 9.80 Å². The summed E-state index contributed by atoms with van der Waals surface area (Å²) in [6.07, 6.45) is 4.34. The molecular weight excluding hydrogens is 216 g/mol. The summed E-state index contributed by atoms with van der Waals surface area (Å²) in [6.45, 7) is 3.95. The van der Waals surface area contributed by atoms with Gasteiger partial charge >= 0.3 is 6.09 Å². The Bertz CT molecular complexity index is 326. The standard InChI is InChI=1S/C13H20N2O2/c1-17-13(16)15-11-5-7-12(15)6-4-10-14-8-2-3-9-14/h12H,2-3,5,7-11H2,1H3. The Balaban J connectivity index is 1.84. The SMILES string of the molecule is COC(=O)N1CCCC1C#CCN1CCCC1. The number of likely N-dealkylation sites (tertiary alicyclic amines) is 2. The van der Waals surface area contributed by atoms with Crippen LogP contribution in [-0.2, 0) is 4.74 Å². The van der Waals surface area contributed by atoms with Crippen LogP contribution in [0.1, 0.15) is 25.7 Å². The molecule has 2 rings (SSSR count). The largest absolute Gasteiger partial charge is 0.453 e. The molecule has 2 heterocycles. The second kappa shape index (κ2) is 5.92. The number of nitrogens with zero attached hydrogens (tertiary/aromatic N) is 2. The van der Waals surface area contributed by atoms with E-state index >= 15 is 0 Å². The van der Waals surface area contributed by atoms with Gasteiger partial charge in [-0.25, -0.2) is 4.79 Å². The molecular formula is C13H20N2O2. The molecule has 4 nitrogen and oxygen atoms in total. The van der Waals surface area contributed by atoms with Gasteiger partial charge in [0.2, 0.25) is 0 Å². The van der Waals surface area contributed by atoms with Gasteiger partial charge in [-0.3, -0.25) is 9.80 Å². The average molecular weight is 236 g/mol.